The van der Waals surface area contributed by atoms with E-state index >= 15 is 0 Å². The minimum Gasteiger partial charge on any atom is -0.495 e. The van der Waals surface area contributed by atoms with Gasteiger partial charge < -0.3 is 18.8 Å². The summed E-state index contributed by atoms with van der Waals surface area (Å²) in [4.78, 5) is 17.0. The molecule has 0 saturated carbocycles. The van der Waals surface area contributed by atoms with Gasteiger partial charge in [-0.25, -0.2) is 0 Å². The first kappa shape index (κ1) is 21.3. The van der Waals surface area contributed by atoms with Crippen molar-refractivity contribution in [2.75, 3.05) is 38.2 Å². The highest BCUT2D eigenvalue weighted by Crippen LogP contribution is 2.28. The third kappa shape index (κ3) is 5.21. The largest absolute Gasteiger partial charge is 0.495 e. The highest BCUT2D eigenvalue weighted by atomic mass is 35.5. The molecule has 0 radical (unpaired) electrons. The molecule has 3 aromatic rings. The van der Waals surface area contributed by atoms with Crippen molar-refractivity contribution in [1.82, 2.24) is 4.90 Å². The lowest BCUT2D eigenvalue weighted by Gasteiger charge is -2.36. The van der Waals surface area contributed by atoms with Gasteiger partial charge in [-0.05, 0) is 18.2 Å². The summed E-state index contributed by atoms with van der Waals surface area (Å²) in [6.45, 7) is 4.29. The minimum absolute atomic E-state index is 0.185. The van der Waals surface area contributed by atoms with Gasteiger partial charge in [0.25, 0.3) is 0 Å². The first-order valence-electron chi connectivity index (χ1n) is 10.2. The van der Waals surface area contributed by atoms with E-state index in [1.807, 2.05) is 36.4 Å². The fourth-order valence-electron chi connectivity index (χ4n) is 3.66. The Hall–Kier alpha value is -2.96. The summed E-state index contributed by atoms with van der Waals surface area (Å²) in [5, 5.41) is 0.607. The van der Waals surface area contributed by atoms with Crippen molar-refractivity contribution in [2.45, 2.75) is 13.2 Å². The Bertz CT molecular complexity index is 1080. The van der Waals surface area contributed by atoms with E-state index in [-0.39, 0.29) is 17.8 Å². The molecule has 0 bridgehead atoms. The maximum atomic E-state index is 12.4. The third-order valence-corrected chi connectivity index (χ3v) is 5.74. The smallest absolute Gasteiger partial charge is 0.227 e. The Kier molecular flexibility index (Phi) is 6.79. The van der Waals surface area contributed by atoms with Crippen LogP contribution in [0.5, 0.6) is 11.5 Å². The molecule has 0 atom stereocenters. The zero-order valence-electron chi connectivity index (χ0n) is 17.4. The molecule has 0 aliphatic carbocycles. The average molecular weight is 441 g/mol. The lowest BCUT2D eigenvalue weighted by molar-refractivity contribution is 0.224. The van der Waals surface area contributed by atoms with Gasteiger partial charge in [-0.15, -0.1) is 0 Å². The standard InChI is InChI=1S/C24H25ClN2O4/c1-29-23-9-5-4-8-21(23)27-12-10-26(11-13-27)15-19-14-22(28)24(17-30-19)31-16-18-6-2-3-7-20(18)25/h2-9,14,17H,10-13,15-16H2,1H3. The second-order valence-corrected chi connectivity index (χ2v) is 7.80. The number of methoxy groups -OCH3 is 1. The second-order valence-electron chi connectivity index (χ2n) is 7.39. The number of benzene rings is 2. The molecule has 1 aliphatic heterocycles. The maximum absolute atomic E-state index is 12.4. The molecule has 1 fully saturated rings. The molecule has 6 nitrogen and oxygen atoms in total. The van der Waals surface area contributed by atoms with Gasteiger partial charge in [-0.3, -0.25) is 9.69 Å². The second kappa shape index (κ2) is 9.90. The van der Waals surface area contributed by atoms with Crippen LogP contribution in [0.2, 0.25) is 5.02 Å². The van der Waals surface area contributed by atoms with Gasteiger partial charge in [-0.2, -0.15) is 0 Å². The number of rotatable bonds is 7. The number of ether oxygens (including phenoxy) is 2. The number of anilines is 1. The molecule has 2 heterocycles. The molecule has 1 aliphatic rings. The van der Waals surface area contributed by atoms with Crippen LogP contribution in [0.15, 0.2) is 70.1 Å². The number of nitrogens with zero attached hydrogens (tertiary/aromatic N) is 2. The lowest BCUT2D eigenvalue weighted by Crippen LogP contribution is -2.46. The van der Waals surface area contributed by atoms with Gasteiger partial charge >= 0.3 is 0 Å². The molecule has 4 rings (SSSR count). The Balaban J connectivity index is 1.33. The zero-order chi connectivity index (χ0) is 21.6. The van der Waals surface area contributed by atoms with Crippen LogP contribution in [0.3, 0.4) is 0 Å². The maximum Gasteiger partial charge on any atom is 0.227 e. The van der Waals surface area contributed by atoms with Gasteiger partial charge in [0, 0.05) is 42.8 Å². The predicted octanol–water partition coefficient (Wildman–Crippen LogP) is 4.20. The van der Waals surface area contributed by atoms with Crippen molar-refractivity contribution in [1.29, 1.82) is 0 Å². The molecule has 0 spiro atoms. The fraction of sp³-hybridized carbons (Fsp3) is 0.292. The van der Waals surface area contributed by atoms with E-state index in [0.29, 0.717) is 17.3 Å². The van der Waals surface area contributed by atoms with E-state index in [2.05, 4.69) is 15.9 Å². The van der Waals surface area contributed by atoms with Crippen molar-refractivity contribution < 1.29 is 13.9 Å². The van der Waals surface area contributed by atoms with E-state index in [1.54, 1.807) is 13.2 Å². The number of hydrogen-bond acceptors (Lipinski definition) is 6. The summed E-state index contributed by atoms with van der Waals surface area (Å²) in [6.07, 6.45) is 1.39. The topological polar surface area (TPSA) is 55.2 Å². The molecule has 2 aromatic carbocycles. The number of halogens is 1. The molecule has 0 amide bonds. The van der Waals surface area contributed by atoms with Gasteiger partial charge in [0.05, 0.1) is 19.3 Å². The van der Waals surface area contributed by atoms with E-state index in [4.69, 9.17) is 25.5 Å². The van der Waals surface area contributed by atoms with E-state index in [0.717, 1.165) is 43.2 Å². The molecule has 162 valence electrons. The van der Waals surface area contributed by atoms with Crippen LogP contribution in [0.4, 0.5) is 5.69 Å². The molecule has 1 saturated heterocycles. The first-order valence-corrected chi connectivity index (χ1v) is 10.6. The Labute approximate surface area is 186 Å². The fourth-order valence-corrected chi connectivity index (χ4v) is 3.85. The highest BCUT2D eigenvalue weighted by molar-refractivity contribution is 6.31. The Morgan fingerprint density at radius 3 is 2.48 bits per heavy atom. The summed E-state index contributed by atoms with van der Waals surface area (Å²) in [5.74, 6) is 1.69. The Morgan fingerprint density at radius 2 is 1.74 bits per heavy atom. The normalized spacial score (nSPS) is 14.5. The van der Waals surface area contributed by atoms with Crippen molar-refractivity contribution >= 4 is 17.3 Å². The van der Waals surface area contributed by atoms with Crippen LogP contribution in [0.1, 0.15) is 11.3 Å². The molecule has 0 N–H and O–H groups in total. The first-order chi connectivity index (χ1) is 15.1. The summed E-state index contributed by atoms with van der Waals surface area (Å²) < 4.78 is 16.8. The quantitative estimate of drug-likeness (QED) is 0.548. The van der Waals surface area contributed by atoms with Crippen molar-refractivity contribution in [3.63, 3.8) is 0 Å². The van der Waals surface area contributed by atoms with Crippen LogP contribution in [-0.4, -0.2) is 38.2 Å². The monoisotopic (exact) mass is 440 g/mol. The molecule has 7 heteroatoms. The van der Waals surface area contributed by atoms with Gasteiger partial charge in [0.15, 0.2) is 0 Å². The molecular formula is C24H25ClN2O4. The molecule has 31 heavy (non-hydrogen) atoms. The summed E-state index contributed by atoms with van der Waals surface area (Å²) >= 11 is 6.13. The van der Waals surface area contributed by atoms with Crippen LogP contribution in [-0.2, 0) is 13.2 Å². The van der Waals surface area contributed by atoms with Crippen LogP contribution < -0.4 is 19.8 Å². The van der Waals surface area contributed by atoms with Crippen molar-refractivity contribution in [3.8, 4) is 11.5 Å². The average Bonchev–Trinajstić information content (AvgIpc) is 2.80. The zero-order valence-corrected chi connectivity index (χ0v) is 18.2. The summed E-state index contributed by atoms with van der Waals surface area (Å²) in [5.41, 5.74) is 1.73. The number of para-hydroxylation sites is 2. The predicted molar refractivity (Wildman–Crippen MR) is 121 cm³/mol. The SMILES string of the molecule is COc1ccccc1N1CCN(Cc2cc(=O)c(OCc3ccccc3Cl)co2)CC1. The summed E-state index contributed by atoms with van der Waals surface area (Å²) in [6, 6.07) is 16.9. The van der Waals surface area contributed by atoms with Crippen LogP contribution >= 0.6 is 11.6 Å². The van der Waals surface area contributed by atoms with Crippen LogP contribution in [0.25, 0.3) is 0 Å². The number of piperazine rings is 1. The van der Waals surface area contributed by atoms with Gasteiger partial charge in [0.1, 0.15) is 24.4 Å². The molecule has 0 unspecified atom stereocenters. The minimum atomic E-state index is -0.194. The van der Waals surface area contributed by atoms with E-state index in [9.17, 15) is 4.79 Å². The highest BCUT2D eigenvalue weighted by Gasteiger charge is 2.20. The van der Waals surface area contributed by atoms with Gasteiger partial charge in [0.2, 0.25) is 11.2 Å². The molecular weight excluding hydrogens is 416 g/mol. The van der Waals surface area contributed by atoms with E-state index < -0.39 is 0 Å². The van der Waals surface area contributed by atoms with Crippen molar-refractivity contribution in [3.05, 3.63) is 87.4 Å². The third-order valence-electron chi connectivity index (χ3n) is 5.37. The lowest BCUT2D eigenvalue weighted by atomic mass is 10.2. The van der Waals surface area contributed by atoms with Gasteiger partial charge in [-0.1, -0.05) is 41.9 Å². The Morgan fingerprint density at radius 1 is 1.00 bits per heavy atom. The summed E-state index contributed by atoms with van der Waals surface area (Å²) in [7, 11) is 1.69. The van der Waals surface area contributed by atoms with E-state index in [1.165, 1.54) is 12.3 Å². The van der Waals surface area contributed by atoms with Crippen molar-refractivity contribution in [2.24, 2.45) is 0 Å². The number of hydrogen-bond donors (Lipinski definition) is 0. The molecule has 1 aromatic heterocycles. The van der Waals surface area contributed by atoms with Crippen LogP contribution in [0, 0.1) is 0 Å².